The average Bonchev–Trinajstić information content (AvgIpc) is 2.46. The molecule has 0 amide bonds. The van der Waals surface area contributed by atoms with Gasteiger partial charge in [-0.25, -0.2) is 0 Å². The number of benzene rings is 2. The number of hydrogen-bond donors (Lipinski definition) is 0. The molecule has 0 heterocycles. The standard InChI is InChI=1S/C16H16O5S/c1-12-5-3-4-6-16(12)22(18,19)20-11-14-7-9-15(10-8-14)21-13(2)17/h3-10H,11H2,1-2H3. The van der Waals surface area contributed by atoms with Gasteiger partial charge in [0.05, 0.1) is 11.5 Å². The van der Waals surface area contributed by atoms with Crippen LogP contribution in [0.15, 0.2) is 53.4 Å². The van der Waals surface area contributed by atoms with Gasteiger partial charge in [0.1, 0.15) is 5.75 Å². The largest absolute Gasteiger partial charge is 0.427 e. The number of hydrogen-bond acceptors (Lipinski definition) is 5. The summed E-state index contributed by atoms with van der Waals surface area (Å²) in [7, 11) is -3.80. The first-order valence-corrected chi connectivity index (χ1v) is 8.02. The Balaban J connectivity index is 2.06. The smallest absolute Gasteiger partial charge is 0.308 e. The van der Waals surface area contributed by atoms with Gasteiger partial charge in [0, 0.05) is 6.92 Å². The van der Waals surface area contributed by atoms with Crippen molar-refractivity contribution >= 4 is 16.1 Å². The summed E-state index contributed by atoms with van der Waals surface area (Å²) in [5.74, 6) is -0.0101. The minimum Gasteiger partial charge on any atom is -0.427 e. The van der Waals surface area contributed by atoms with E-state index in [0.717, 1.165) is 0 Å². The normalized spacial score (nSPS) is 11.2. The van der Waals surface area contributed by atoms with Crippen LogP contribution in [0.4, 0.5) is 0 Å². The minimum atomic E-state index is -3.80. The number of ether oxygens (including phenoxy) is 1. The van der Waals surface area contributed by atoms with E-state index in [4.69, 9.17) is 8.92 Å². The molecular weight excluding hydrogens is 304 g/mol. The van der Waals surface area contributed by atoms with Crippen LogP contribution in [-0.2, 0) is 25.7 Å². The van der Waals surface area contributed by atoms with Crippen molar-refractivity contribution in [3.05, 3.63) is 59.7 Å². The summed E-state index contributed by atoms with van der Waals surface area (Å²) in [6.07, 6.45) is 0. The second kappa shape index (κ2) is 6.72. The number of carbonyl (C=O) groups excluding carboxylic acids is 1. The molecule has 0 bridgehead atoms. The Kier molecular flexibility index (Phi) is 4.95. The van der Waals surface area contributed by atoms with Crippen LogP contribution >= 0.6 is 0 Å². The fraction of sp³-hybridized carbons (Fsp3) is 0.188. The summed E-state index contributed by atoms with van der Waals surface area (Å²) >= 11 is 0. The topological polar surface area (TPSA) is 69.7 Å². The summed E-state index contributed by atoms with van der Waals surface area (Å²) < 4.78 is 34.3. The molecule has 2 aromatic carbocycles. The van der Waals surface area contributed by atoms with E-state index in [9.17, 15) is 13.2 Å². The van der Waals surface area contributed by atoms with Crippen molar-refractivity contribution in [2.45, 2.75) is 25.3 Å². The van der Waals surface area contributed by atoms with Gasteiger partial charge >= 0.3 is 5.97 Å². The van der Waals surface area contributed by atoms with Gasteiger partial charge in [0.25, 0.3) is 10.1 Å². The highest BCUT2D eigenvalue weighted by molar-refractivity contribution is 7.86. The van der Waals surface area contributed by atoms with Crippen LogP contribution in [0.3, 0.4) is 0 Å². The summed E-state index contributed by atoms with van der Waals surface area (Å²) in [5.41, 5.74) is 1.29. The minimum absolute atomic E-state index is 0.0863. The average molecular weight is 320 g/mol. The highest BCUT2D eigenvalue weighted by Gasteiger charge is 2.17. The fourth-order valence-corrected chi connectivity index (χ4v) is 2.99. The van der Waals surface area contributed by atoms with E-state index >= 15 is 0 Å². The van der Waals surface area contributed by atoms with Crippen LogP contribution in [0.1, 0.15) is 18.1 Å². The maximum Gasteiger partial charge on any atom is 0.308 e. The molecule has 116 valence electrons. The highest BCUT2D eigenvalue weighted by atomic mass is 32.2. The lowest BCUT2D eigenvalue weighted by Crippen LogP contribution is -2.08. The number of carbonyl (C=O) groups is 1. The Morgan fingerprint density at radius 2 is 1.68 bits per heavy atom. The summed E-state index contributed by atoms with van der Waals surface area (Å²) in [6, 6.07) is 13.1. The zero-order valence-corrected chi connectivity index (χ0v) is 13.1. The molecule has 0 atom stereocenters. The van der Waals surface area contributed by atoms with Crippen LogP contribution in [0.25, 0.3) is 0 Å². The van der Waals surface area contributed by atoms with E-state index in [-0.39, 0.29) is 11.5 Å². The van der Waals surface area contributed by atoms with Crippen molar-refractivity contribution in [1.82, 2.24) is 0 Å². The Labute approximate surface area is 129 Å². The molecule has 0 saturated carbocycles. The third-order valence-electron chi connectivity index (χ3n) is 2.93. The lowest BCUT2D eigenvalue weighted by atomic mass is 10.2. The summed E-state index contributed by atoms with van der Waals surface area (Å²) in [4.78, 5) is 11.0. The monoisotopic (exact) mass is 320 g/mol. The maximum atomic E-state index is 12.1. The second-order valence-electron chi connectivity index (χ2n) is 4.72. The molecule has 0 aliphatic rings. The molecule has 0 spiro atoms. The van der Waals surface area contributed by atoms with Gasteiger partial charge in [-0.1, -0.05) is 30.3 Å². The Hall–Kier alpha value is -2.18. The van der Waals surface area contributed by atoms with Gasteiger partial charge in [-0.15, -0.1) is 0 Å². The molecule has 2 aromatic rings. The molecule has 22 heavy (non-hydrogen) atoms. The van der Waals surface area contributed by atoms with E-state index in [1.165, 1.54) is 13.0 Å². The number of aryl methyl sites for hydroxylation is 1. The number of esters is 1. The van der Waals surface area contributed by atoms with Crippen molar-refractivity contribution in [2.24, 2.45) is 0 Å². The summed E-state index contributed by atoms with van der Waals surface area (Å²) in [5, 5.41) is 0. The van der Waals surface area contributed by atoms with E-state index in [1.54, 1.807) is 49.4 Å². The lowest BCUT2D eigenvalue weighted by molar-refractivity contribution is -0.131. The molecule has 0 aromatic heterocycles. The zero-order chi connectivity index (χ0) is 16.2. The molecule has 0 aliphatic carbocycles. The molecule has 6 heteroatoms. The highest BCUT2D eigenvalue weighted by Crippen LogP contribution is 2.19. The molecule has 0 N–H and O–H groups in total. The third-order valence-corrected chi connectivity index (χ3v) is 4.35. The van der Waals surface area contributed by atoms with Crippen LogP contribution < -0.4 is 4.74 Å². The first-order chi connectivity index (χ1) is 10.4. The molecule has 0 aliphatic heterocycles. The van der Waals surface area contributed by atoms with Crippen molar-refractivity contribution in [1.29, 1.82) is 0 Å². The molecule has 2 rings (SSSR count). The van der Waals surface area contributed by atoms with Gasteiger partial charge in [0.2, 0.25) is 0 Å². The quantitative estimate of drug-likeness (QED) is 0.481. The van der Waals surface area contributed by atoms with Gasteiger partial charge < -0.3 is 4.74 Å². The lowest BCUT2D eigenvalue weighted by Gasteiger charge is -2.08. The SMILES string of the molecule is CC(=O)Oc1ccc(COS(=O)(=O)c2ccccc2C)cc1. The number of rotatable bonds is 5. The molecule has 0 saturated heterocycles. The summed E-state index contributed by atoms with van der Waals surface area (Å²) in [6.45, 7) is 2.94. The molecule has 0 unspecified atom stereocenters. The van der Waals surface area contributed by atoms with Crippen LogP contribution in [-0.4, -0.2) is 14.4 Å². The Bertz CT molecular complexity index is 763. The van der Waals surface area contributed by atoms with Gasteiger partial charge in [-0.05, 0) is 36.2 Å². The second-order valence-corrected chi connectivity index (χ2v) is 6.30. The Morgan fingerprint density at radius 3 is 2.27 bits per heavy atom. The van der Waals surface area contributed by atoms with Crippen molar-refractivity contribution in [3.63, 3.8) is 0 Å². The van der Waals surface area contributed by atoms with Crippen molar-refractivity contribution < 1.29 is 22.1 Å². The van der Waals surface area contributed by atoms with Crippen molar-refractivity contribution in [3.8, 4) is 5.75 Å². The zero-order valence-electron chi connectivity index (χ0n) is 12.3. The first kappa shape index (κ1) is 16.2. The predicted octanol–water partition coefficient (Wildman–Crippen LogP) is 2.83. The maximum absolute atomic E-state index is 12.1. The van der Waals surface area contributed by atoms with Crippen LogP contribution in [0, 0.1) is 6.92 Å². The molecular formula is C16H16O5S. The predicted molar refractivity (Wildman–Crippen MR) is 80.9 cm³/mol. The van der Waals surface area contributed by atoms with Gasteiger partial charge in [0.15, 0.2) is 0 Å². The third kappa shape index (κ3) is 4.16. The molecule has 0 fully saturated rings. The first-order valence-electron chi connectivity index (χ1n) is 6.61. The Morgan fingerprint density at radius 1 is 1.05 bits per heavy atom. The van der Waals surface area contributed by atoms with Gasteiger partial charge in [-0.2, -0.15) is 8.42 Å². The van der Waals surface area contributed by atoms with Gasteiger partial charge in [-0.3, -0.25) is 8.98 Å². The van der Waals surface area contributed by atoms with Crippen LogP contribution in [0.5, 0.6) is 5.75 Å². The van der Waals surface area contributed by atoms with Crippen molar-refractivity contribution in [2.75, 3.05) is 0 Å². The van der Waals surface area contributed by atoms with Crippen LogP contribution in [0.2, 0.25) is 0 Å². The molecule has 0 radical (unpaired) electrons. The fourth-order valence-electron chi connectivity index (χ4n) is 1.87. The van der Waals surface area contributed by atoms with E-state index in [2.05, 4.69) is 0 Å². The van der Waals surface area contributed by atoms with E-state index in [1.807, 2.05) is 0 Å². The molecule has 5 nitrogen and oxygen atoms in total. The van der Waals surface area contributed by atoms with E-state index < -0.39 is 16.1 Å². The van der Waals surface area contributed by atoms with E-state index in [0.29, 0.717) is 16.9 Å².